The second kappa shape index (κ2) is 5.89. The van der Waals surface area contributed by atoms with Crippen LogP contribution in [0.5, 0.6) is 0 Å². The van der Waals surface area contributed by atoms with Gasteiger partial charge in [-0.3, -0.25) is 0 Å². The van der Waals surface area contributed by atoms with E-state index in [1.807, 2.05) is 26.8 Å². The maximum Gasteiger partial charge on any atom is 0.416 e. The minimum Gasteiger partial charge on any atom is -0.313 e. The fourth-order valence-corrected chi connectivity index (χ4v) is 2.26. The second-order valence-corrected chi connectivity index (χ2v) is 4.96. The lowest BCUT2D eigenvalue weighted by Gasteiger charge is -2.15. The minimum atomic E-state index is -4.38. The van der Waals surface area contributed by atoms with E-state index in [0.717, 1.165) is 17.5 Å². The number of aryl methyl sites for hydroxylation is 2. The molecule has 0 bridgehead atoms. The van der Waals surface area contributed by atoms with Crippen molar-refractivity contribution in [1.82, 2.24) is 15.1 Å². The molecule has 6 heteroatoms. The highest BCUT2D eigenvalue weighted by atomic mass is 19.4. The second-order valence-electron chi connectivity index (χ2n) is 4.96. The molecule has 1 heterocycles. The summed E-state index contributed by atoms with van der Waals surface area (Å²) in [6.45, 7) is 6.31. The summed E-state index contributed by atoms with van der Waals surface area (Å²) in [5.41, 5.74) is 1.63. The molecule has 0 fully saturated rings. The van der Waals surface area contributed by atoms with Crippen LogP contribution in [0.25, 0.3) is 5.69 Å². The first-order chi connectivity index (χ1) is 9.82. The molecule has 0 aliphatic heterocycles. The van der Waals surface area contributed by atoms with Gasteiger partial charge in [0.15, 0.2) is 0 Å². The third-order valence-electron chi connectivity index (χ3n) is 3.22. The van der Waals surface area contributed by atoms with Crippen molar-refractivity contribution in [3.05, 3.63) is 46.8 Å². The van der Waals surface area contributed by atoms with Gasteiger partial charge in [-0.1, -0.05) is 13.0 Å². The van der Waals surface area contributed by atoms with Crippen molar-refractivity contribution in [2.75, 3.05) is 6.54 Å². The van der Waals surface area contributed by atoms with E-state index in [1.165, 1.54) is 10.7 Å². The van der Waals surface area contributed by atoms with Crippen LogP contribution >= 0.6 is 0 Å². The summed E-state index contributed by atoms with van der Waals surface area (Å²) in [6, 6.07) is 6.17. The maximum absolute atomic E-state index is 13.2. The summed E-state index contributed by atoms with van der Waals surface area (Å²) >= 11 is 0. The Morgan fingerprint density at radius 1 is 1.19 bits per heavy atom. The number of rotatable bonds is 4. The molecule has 0 amide bonds. The van der Waals surface area contributed by atoms with Gasteiger partial charge in [0.05, 0.1) is 16.9 Å². The van der Waals surface area contributed by atoms with Gasteiger partial charge in [0.1, 0.15) is 0 Å². The number of alkyl halides is 3. The summed E-state index contributed by atoms with van der Waals surface area (Å²) < 4.78 is 41.2. The number of benzene rings is 1. The van der Waals surface area contributed by atoms with Crippen LogP contribution in [-0.4, -0.2) is 16.3 Å². The summed E-state index contributed by atoms with van der Waals surface area (Å²) in [6.07, 6.45) is -4.38. The number of hydrogen-bond donors (Lipinski definition) is 1. The van der Waals surface area contributed by atoms with Crippen LogP contribution in [0, 0.1) is 13.8 Å². The van der Waals surface area contributed by atoms with E-state index >= 15 is 0 Å². The number of halogens is 3. The van der Waals surface area contributed by atoms with Crippen molar-refractivity contribution in [3.63, 3.8) is 0 Å². The third-order valence-corrected chi connectivity index (χ3v) is 3.22. The van der Waals surface area contributed by atoms with Crippen LogP contribution in [-0.2, 0) is 12.7 Å². The lowest BCUT2D eigenvalue weighted by molar-refractivity contribution is -0.138. The van der Waals surface area contributed by atoms with Gasteiger partial charge in [-0.05, 0) is 44.2 Å². The topological polar surface area (TPSA) is 29.9 Å². The van der Waals surface area contributed by atoms with Gasteiger partial charge < -0.3 is 5.32 Å². The fourth-order valence-electron chi connectivity index (χ4n) is 2.26. The molecule has 0 aliphatic rings. The molecule has 2 aromatic rings. The highest BCUT2D eigenvalue weighted by molar-refractivity contribution is 5.43. The lowest BCUT2D eigenvalue weighted by Crippen LogP contribution is -2.17. The Labute approximate surface area is 121 Å². The van der Waals surface area contributed by atoms with Gasteiger partial charge in [0.2, 0.25) is 0 Å². The lowest BCUT2D eigenvalue weighted by atomic mass is 10.1. The molecule has 0 radical (unpaired) electrons. The molecule has 3 nitrogen and oxygen atoms in total. The Kier molecular flexibility index (Phi) is 4.37. The highest BCUT2D eigenvalue weighted by Gasteiger charge is 2.33. The monoisotopic (exact) mass is 297 g/mol. The summed E-state index contributed by atoms with van der Waals surface area (Å²) in [7, 11) is 0. The molecule has 1 aromatic heterocycles. The average Bonchev–Trinajstić information content (AvgIpc) is 2.74. The van der Waals surface area contributed by atoms with Crippen LogP contribution in [0.15, 0.2) is 24.3 Å². The van der Waals surface area contributed by atoms with E-state index in [1.54, 1.807) is 6.07 Å². The molecule has 1 N–H and O–H groups in total. The van der Waals surface area contributed by atoms with Crippen molar-refractivity contribution in [2.24, 2.45) is 0 Å². The van der Waals surface area contributed by atoms with Crippen molar-refractivity contribution in [1.29, 1.82) is 0 Å². The molecule has 0 aliphatic carbocycles. The van der Waals surface area contributed by atoms with Gasteiger partial charge in [0.25, 0.3) is 0 Å². The first kappa shape index (κ1) is 15.6. The van der Waals surface area contributed by atoms with Crippen LogP contribution < -0.4 is 5.32 Å². The van der Waals surface area contributed by atoms with Crippen molar-refractivity contribution >= 4 is 0 Å². The first-order valence-electron chi connectivity index (χ1n) is 6.77. The van der Waals surface area contributed by atoms with E-state index in [0.29, 0.717) is 12.2 Å². The van der Waals surface area contributed by atoms with Crippen molar-refractivity contribution < 1.29 is 13.2 Å². The summed E-state index contributed by atoms with van der Waals surface area (Å²) in [4.78, 5) is 0. The van der Waals surface area contributed by atoms with E-state index in [4.69, 9.17) is 0 Å². The number of nitrogens with one attached hydrogen (secondary N) is 1. The van der Waals surface area contributed by atoms with Gasteiger partial charge in [-0.15, -0.1) is 0 Å². The molecular weight excluding hydrogens is 279 g/mol. The number of aromatic nitrogens is 2. The zero-order valence-electron chi connectivity index (χ0n) is 12.3. The van der Waals surface area contributed by atoms with E-state index in [-0.39, 0.29) is 12.1 Å². The summed E-state index contributed by atoms with van der Waals surface area (Å²) in [5.74, 6) is 0. The molecule has 0 saturated heterocycles. The molecule has 0 spiro atoms. The Balaban J connectivity index is 2.49. The van der Waals surface area contributed by atoms with E-state index in [2.05, 4.69) is 10.4 Å². The zero-order valence-corrected chi connectivity index (χ0v) is 12.3. The predicted molar refractivity (Wildman–Crippen MR) is 75.4 cm³/mol. The smallest absolute Gasteiger partial charge is 0.313 e. The predicted octanol–water partition coefficient (Wildman–Crippen LogP) is 3.62. The Bertz CT molecular complexity index is 630. The number of nitrogens with zero attached hydrogens (tertiary/aromatic N) is 2. The normalized spacial score (nSPS) is 11.9. The molecule has 0 saturated carbocycles. The molecule has 114 valence electrons. The molecule has 0 atom stereocenters. The van der Waals surface area contributed by atoms with Crippen molar-refractivity contribution in [2.45, 2.75) is 33.5 Å². The van der Waals surface area contributed by atoms with Gasteiger partial charge in [-0.25, -0.2) is 4.68 Å². The van der Waals surface area contributed by atoms with Gasteiger partial charge in [0, 0.05) is 12.2 Å². The van der Waals surface area contributed by atoms with E-state index in [9.17, 15) is 13.2 Å². The molecule has 0 unspecified atom stereocenters. The maximum atomic E-state index is 13.2. The number of hydrogen-bond acceptors (Lipinski definition) is 2. The Morgan fingerprint density at radius 3 is 2.43 bits per heavy atom. The zero-order chi connectivity index (χ0) is 15.6. The van der Waals surface area contributed by atoms with Crippen LogP contribution in [0.3, 0.4) is 0 Å². The van der Waals surface area contributed by atoms with E-state index < -0.39 is 11.7 Å². The Hall–Kier alpha value is -1.82. The molecule has 2 rings (SSSR count). The third kappa shape index (κ3) is 3.44. The molecule has 21 heavy (non-hydrogen) atoms. The van der Waals surface area contributed by atoms with Gasteiger partial charge in [-0.2, -0.15) is 18.3 Å². The quantitative estimate of drug-likeness (QED) is 0.934. The largest absolute Gasteiger partial charge is 0.416 e. The highest BCUT2D eigenvalue weighted by Crippen LogP contribution is 2.33. The van der Waals surface area contributed by atoms with Crippen LogP contribution in [0.2, 0.25) is 0 Å². The standard InChI is InChI=1S/C15H18F3N3/c1-4-19-9-12-5-6-13(8-14(12)15(16,17)18)21-11(3)7-10(2)20-21/h5-8,19H,4,9H2,1-3H3. The van der Waals surface area contributed by atoms with Crippen LogP contribution in [0.1, 0.15) is 29.4 Å². The molecular formula is C15H18F3N3. The summed E-state index contributed by atoms with van der Waals surface area (Å²) in [5, 5.41) is 7.16. The average molecular weight is 297 g/mol. The van der Waals surface area contributed by atoms with Crippen LogP contribution in [0.4, 0.5) is 13.2 Å². The Morgan fingerprint density at radius 2 is 1.90 bits per heavy atom. The molecule has 1 aromatic carbocycles. The minimum absolute atomic E-state index is 0.197. The van der Waals surface area contributed by atoms with Gasteiger partial charge >= 0.3 is 6.18 Å². The first-order valence-corrected chi connectivity index (χ1v) is 6.77. The SMILES string of the molecule is CCNCc1ccc(-n2nc(C)cc2C)cc1C(F)(F)F. The fraction of sp³-hybridized carbons (Fsp3) is 0.400. The van der Waals surface area contributed by atoms with Crippen molar-refractivity contribution in [3.8, 4) is 5.69 Å².